The van der Waals surface area contributed by atoms with E-state index >= 15 is 0 Å². The number of aromatic nitrogens is 1. The Hall–Kier alpha value is -1.40. The molecule has 6 heteroatoms. The summed E-state index contributed by atoms with van der Waals surface area (Å²) in [7, 11) is 0. The highest BCUT2D eigenvalue weighted by Gasteiger charge is 2.33. The lowest BCUT2D eigenvalue weighted by molar-refractivity contribution is -0.138. The Balaban J connectivity index is 1.81. The number of benzene rings is 1. The minimum absolute atomic E-state index is 0.278. The van der Waals surface area contributed by atoms with Crippen LogP contribution < -0.4 is 0 Å². The van der Waals surface area contributed by atoms with E-state index in [9.17, 15) is 13.2 Å². The summed E-state index contributed by atoms with van der Waals surface area (Å²) in [4.78, 5) is 6.59. The first kappa shape index (κ1) is 20.3. The van der Waals surface area contributed by atoms with Crippen LogP contribution in [0.15, 0.2) is 47.1 Å². The van der Waals surface area contributed by atoms with Crippen molar-refractivity contribution in [3.63, 3.8) is 0 Å². The van der Waals surface area contributed by atoms with Crippen LogP contribution in [-0.2, 0) is 19.3 Å². The zero-order valence-corrected chi connectivity index (χ0v) is 16.8. The van der Waals surface area contributed by atoms with Gasteiger partial charge in [-0.1, -0.05) is 43.5 Å². The number of hydrogen-bond acceptors (Lipinski definition) is 2. The maximum Gasteiger partial charge on any atom is 0.416 e. The van der Waals surface area contributed by atoms with E-state index in [-0.39, 0.29) is 6.54 Å². The van der Waals surface area contributed by atoms with Gasteiger partial charge in [-0.05, 0) is 58.5 Å². The minimum atomic E-state index is -4.33. The average molecular weight is 441 g/mol. The van der Waals surface area contributed by atoms with Crippen LogP contribution >= 0.6 is 15.9 Å². The van der Waals surface area contributed by atoms with Crippen molar-refractivity contribution in [2.75, 3.05) is 6.54 Å². The number of halogens is 4. The van der Waals surface area contributed by atoms with Gasteiger partial charge in [0.1, 0.15) is 4.60 Å². The average Bonchev–Trinajstić information content (AvgIpc) is 2.62. The maximum absolute atomic E-state index is 13.4. The first-order chi connectivity index (χ1) is 12.9. The third-order valence-corrected chi connectivity index (χ3v) is 5.56. The van der Waals surface area contributed by atoms with E-state index in [1.807, 2.05) is 18.2 Å². The monoisotopic (exact) mass is 440 g/mol. The van der Waals surface area contributed by atoms with Gasteiger partial charge in [-0.2, -0.15) is 13.2 Å². The normalized spacial score (nSPS) is 16.0. The zero-order chi connectivity index (χ0) is 19.3. The fraction of sp³-hybridized carbons (Fsp3) is 0.476. The molecule has 1 heterocycles. The van der Waals surface area contributed by atoms with Crippen LogP contribution in [0.25, 0.3) is 0 Å². The van der Waals surface area contributed by atoms with Crippen LogP contribution in [0.5, 0.6) is 0 Å². The van der Waals surface area contributed by atoms with Gasteiger partial charge in [0.05, 0.1) is 11.3 Å². The van der Waals surface area contributed by atoms with E-state index in [2.05, 4.69) is 25.8 Å². The summed E-state index contributed by atoms with van der Waals surface area (Å²) >= 11 is 3.38. The minimum Gasteiger partial charge on any atom is -0.293 e. The number of rotatable bonds is 6. The van der Waals surface area contributed by atoms with Crippen molar-refractivity contribution in [3.8, 4) is 0 Å². The molecule has 3 rings (SSSR count). The van der Waals surface area contributed by atoms with Crippen molar-refractivity contribution < 1.29 is 13.2 Å². The van der Waals surface area contributed by atoms with Crippen LogP contribution in [0.4, 0.5) is 13.2 Å². The standard InChI is InChI=1S/C21H24BrF3N2/c22-20-12-6-10-18(26-20)15-27(13-16-7-2-1-3-8-16)14-17-9-4-5-11-19(17)21(23,24)25/h4-6,9-12,16H,1-3,7-8,13-15H2. The van der Waals surface area contributed by atoms with E-state index in [0.29, 0.717) is 18.0 Å². The molecule has 0 atom stereocenters. The lowest BCUT2D eigenvalue weighted by Crippen LogP contribution is -2.31. The molecule has 0 spiro atoms. The second-order valence-electron chi connectivity index (χ2n) is 7.28. The van der Waals surface area contributed by atoms with Gasteiger partial charge in [0.15, 0.2) is 0 Å². The smallest absolute Gasteiger partial charge is 0.293 e. The predicted octanol–water partition coefficient (Wildman–Crippen LogP) is 6.45. The van der Waals surface area contributed by atoms with Crippen LogP contribution in [0, 0.1) is 5.92 Å². The largest absolute Gasteiger partial charge is 0.416 e. The molecule has 1 aliphatic carbocycles. The van der Waals surface area contributed by atoms with Crippen molar-refractivity contribution >= 4 is 15.9 Å². The molecular weight excluding hydrogens is 417 g/mol. The lowest BCUT2D eigenvalue weighted by atomic mass is 9.88. The molecule has 0 radical (unpaired) electrons. The van der Waals surface area contributed by atoms with Crippen molar-refractivity contribution in [1.29, 1.82) is 0 Å². The van der Waals surface area contributed by atoms with Crippen LogP contribution in [0.2, 0.25) is 0 Å². The predicted molar refractivity (Wildman–Crippen MR) is 104 cm³/mol. The molecule has 146 valence electrons. The molecule has 2 nitrogen and oxygen atoms in total. The summed E-state index contributed by atoms with van der Waals surface area (Å²) in [6.07, 6.45) is 1.67. The third-order valence-electron chi connectivity index (χ3n) is 5.12. The van der Waals surface area contributed by atoms with Gasteiger partial charge in [0.25, 0.3) is 0 Å². The number of alkyl halides is 3. The van der Waals surface area contributed by atoms with E-state index in [1.54, 1.807) is 12.1 Å². The highest BCUT2D eigenvalue weighted by molar-refractivity contribution is 9.10. The van der Waals surface area contributed by atoms with Crippen molar-refractivity contribution in [1.82, 2.24) is 9.88 Å². The first-order valence-electron chi connectivity index (χ1n) is 9.41. The van der Waals surface area contributed by atoms with Gasteiger partial charge in [0.2, 0.25) is 0 Å². The van der Waals surface area contributed by atoms with Gasteiger partial charge >= 0.3 is 6.18 Å². The molecule has 1 saturated carbocycles. The fourth-order valence-electron chi connectivity index (χ4n) is 3.86. The quantitative estimate of drug-likeness (QED) is 0.480. The second kappa shape index (κ2) is 9.20. The van der Waals surface area contributed by atoms with Crippen LogP contribution in [0.1, 0.15) is 48.9 Å². The van der Waals surface area contributed by atoms with Gasteiger partial charge in [0, 0.05) is 19.6 Å². The Kier molecular flexibility index (Phi) is 6.93. The molecule has 0 saturated heterocycles. The summed E-state index contributed by atoms with van der Waals surface area (Å²) in [6.45, 7) is 1.63. The first-order valence-corrected chi connectivity index (χ1v) is 10.2. The summed E-state index contributed by atoms with van der Waals surface area (Å²) in [5, 5.41) is 0. The Morgan fingerprint density at radius 3 is 2.41 bits per heavy atom. The molecule has 1 aliphatic rings. The summed E-state index contributed by atoms with van der Waals surface area (Å²) < 4.78 is 40.9. The Morgan fingerprint density at radius 2 is 1.70 bits per heavy atom. The maximum atomic E-state index is 13.4. The van der Waals surface area contributed by atoms with E-state index < -0.39 is 11.7 Å². The molecule has 27 heavy (non-hydrogen) atoms. The molecule has 0 aliphatic heterocycles. The Labute approximate surface area is 166 Å². The van der Waals surface area contributed by atoms with E-state index in [1.165, 1.54) is 31.4 Å². The third kappa shape index (κ3) is 6.04. The zero-order valence-electron chi connectivity index (χ0n) is 15.2. The van der Waals surface area contributed by atoms with Gasteiger partial charge in [-0.3, -0.25) is 4.90 Å². The Morgan fingerprint density at radius 1 is 0.963 bits per heavy atom. The molecule has 0 bridgehead atoms. The second-order valence-corrected chi connectivity index (χ2v) is 8.09. The summed E-state index contributed by atoms with van der Waals surface area (Å²) in [6, 6.07) is 11.6. The highest BCUT2D eigenvalue weighted by Crippen LogP contribution is 2.33. The molecule has 2 aromatic rings. The molecule has 1 aromatic heterocycles. The molecule has 0 unspecified atom stereocenters. The van der Waals surface area contributed by atoms with E-state index in [0.717, 1.165) is 29.7 Å². The lowest BCUT2D eigenvalue weighted by Gasteiger charge is -2.30. The van der Waals surface area contributed by atoms with E-state index in [4.69, 9.17) is 0 Å². The topological polar surface area (TPSA) is 16.1 Å². The molecule has 0 N–H and O–H groups in total. The van der Waals surface area contributed by atoms with Crippen LogP contribution in [-0.4, -0.2) is 16.4 Å². The summed E-state index contributed by atoms with van der Waals surface area (Å²) in [5.74, 6) is 0.545. The van der Waals surface area contributed by atoms with Crippen LogP contribution in [0.3, 0.4) is 0 Å². The van der Waals surface area contributed by atoms with Gasteiger partial charge < -0.3 is 0 Å². The molecule has 1 aromatic carbocycles. The summed E-state index contributed by atoms with van der Waals surface area (Å²) in [5.41, 5.74) is 0.654. The highest BCUT2D eigenvalue weighted by atomic mass is 79.9. The molecule has 1 fully saturated rings. The van der Waals surface area contributed by atoms with Crippen molar-refractivity contribution in [2.45, 2.75) is 51.4 Å². The van der Waals surface area contributed by atoms with Gasteiger partial charge in [-0.15, -0.1) is 0 Å². The number of nitrogens with zero attached hydrogens (tertiary/aromatic N) is 2. The molecular formula is C21H24BrF3N2. The molecule has 0 amide bonds. The van der Waals surface area contributed by atoms with Gasteiger partial charge in [-0.25, -0.2) is 4.98 Å². The number of pyridine rings is 1. The van der Waals surface area contributed by atoms with Crippen molar-refractivity contribution in [3.05, 3.63) is 63.9 Å². The SMILES string of the molecule is FC(F)(F)c1ccccc1CN(Cc1cccc(Br)n1)CC1CCCCC1. The fourth-order valence-corrected chi connectivity index (χ4v) is 4.24. The number of hydrogen-bond donors (Lipinski definition) is 0. The van der Waals surface area contributed by atoms with Crippen molar-refractivity contribution in [2.24, 2.45) is 5.92 Å². The Bertz CT molecular complexity index is 742.